The maximum Gasteiger partial charge on any atom is 0.312 e. The minimum atomic E-state index is -0.499. The summed E-state index contributed by atoms with van der Waals surface area (Å²) < 4.78 is 5.53. The van der Waals surface area contributed by atoms with Crippen molar-refractivity contribution in [1.29, 1.82) is 0 Å². The summed E-state index contributed by atoms with van der Waals surface area (Å²) in [5.41, 5.74) is 9.75. The van der Waals surface area contributed by atoms with E-state index in [-0.39, 0.29) is 17.9 Å². The van der Waals surface area contributed by atoms with Crippen molar-refractivity contribution in [3.8, 4) is 0 Å². The number of carbonyl (C=O) groups is 2. The standard InChI is InChI=1S/C18H26N2O3/c1-11-8-12(2)16(13(3)9-11)10-23-17(21)14-4-6-15(7-5-14)20-18(19)22/h8-9,14-15H,4-7,10H2,1-3H3,(H3,19,20,22). The monoisotopic (exact) mass is 318 g/mol. The molecule has 3 N–H and O–H groups in total. The Morgan fingerprint density at radius 3 is 2.22 bits per heavy atom. The third kappa shape index (κ3) is 4.71. The molecule has 1 saturated carbocycles. The number of ether oxygens (including phenoxy) is 1. The lowest BCUT2D eigenvalue weighted by Gasteiger charge is -2.27. The molecule has 0 unspecified atom stereocenters. The number of nitrogens with two attached hydrogens (primary N) is 1. The van der Waals surface area contributed by atoms with Crippen molar-refractivity contribution in [3.05, 3.63) is 34.4 Å². The summed E-state index contributed by atoms with van der Waals surface area (Å²) in [6.45, 7) is 6.48. The summed E-state index contributed by atoms with van der Waals surface area (Å²) in [7, 11) is 0. The van der Waals surface area contributed by atoms with Gasteiger partial charge in [0.25, 0.3) is 0 Å². The lowest BCUT2D eigenvalue weighted by Crippen LogP contribution is -2.41. The Morgan fingerprint density at radius 2 is 1.70 bits per heavy atom. The summed E-state index contributed by atoms with van der Waals surface area (Å²) in [6.07, 6.45) is 3.00. The number of amides is 2. The molecule has 1 fully saturated rings. The second-order valence-corrected chi connectivity index (χ2v) is 6.54. The maximum atomic E-state index is 12.3. The molecule has 1 aliphatic carbocycles. The van der Waals surface area contributed by atoms with Gasteiger partial charge in [-0.3, -0.25) is 4.79 Å². The molecule has 126 valence electrons. The average molecular weight is 318 g/mol. The van der Waals surface area contributed by atoms with Gasteiger partial charge in [0, 0.05) is 6.04 Å². The average Bonchev–Trinajstić information content (AvgIpc) is 2.46. The Balaban J connectivity index is 1.86. The van der Waals surface area contributed by atoms with Crippen LogP contribution in [0.15, 0.2) is 12.1 Å². The first-order valence-electron chi connectivity index (χ1n) is 8.16. The van der Waals surface area contributed by atoms with Gasteiger partial charge in [-0.25, -0.2) is 4.79 Å². The molecule has 0 aromatic heterocycles. The Morgan fingerprint density at radius 1 is 1.13 bits per heavy atom. The van der Waals surface area contributed by atoms with Crippen LogP contribution >= 0.6 is 0 Å². The zero-order valence-corrected chi connectivity index (χ0v) is 14.1. The number of urea groups is 1. The highest BCUT2D eigenvalue weighted by atomic mass is 16.5. The Kier molecular flexibility index (Phi) is 5.64. The SMILES string of the molecule is Cc1cc(C)c(COC(=O)C2CCC(NC(N)=O)CC2)c(C)c1. The molecule has 1 aromatic carbocycles. The highest BCUT2D eigenvalue weighted by molar-refractivity contribution is 5.73. The molecule has 5 nitrogen and oxygen atoms in total. The highest BCUT2D eigenvalue weighted by Gasteiger charge is 2.28. The van der Waals surface area contributed by atoms with Gasteiger partial charge in [0.1, 0.15) is 6.61 Å². The predicted octanol–water partition coefficient (Wildman–Crippen LogP) is 2.88. The number of nitrogens with one attached hydrogen (secondary N) is 1. The van der Waals surface area contributed by atoms with Crippen molar-refractivity contribution < 1.29 is 14.3 Å². The number of hydrogen-bond acceptors (Lipinski definition) is 3. The third-order valence-corrected chi connectivity index (χ3v) is 4.61. The van der Waals surface area contributed by atoms with Crippen LogP contribution in [0.1, 0.15) is 47.9 Å². The van der Waals surface area contributed by atoms with E-state index < -0.39 is 6.03 Å². The van der Waals surface area contributed by atoms with Crippen LogP contribution in [-0.4, -0.2) is 18.0 Å². The summed E-state index contributed by atoms with van der Waals surface area (Å²) in [5, 5.41) is 2.71. The van der Waals surface area contributed by atoms with Gasteiger partial charge in [-0.1, -0.05) is 17.7 Å². The van der Waals surface area contributed by atoms with E-state index in [2.05, 4.69) is 24.4 Å². The van der Waals surface area contributed by atoms with Crippen molar-refractivity contribution in [3.63, 3.8) is 0 Å². The number of rotatable bonds is 4. The summed E-state index contributed by atoms with van der Waals surface area (Å²) in [4.78, 5) is 23.1. The van der Waals surface area contributed by atoms with Gasteiger partial charge < -0.3 is 15.8 Å². The summed E-state index contributed by atoms with van der Waals surface area (Å²) >= 11 is 0. The minimum absolute atomic E-state index is 0.0769. The second-order valence-electron chi connectivity index (χ2n) is 6.54. The zero-order valence-electron chi connectivity index (χ0n) is 14.1. The van der Waals surface area contributed by atoms with E-state index in [1.807, 2.05) is 13.8 Å². The lowest BCUT2D eigenvalue weighted by molar-refractivity contribution is -0.151. The van der Waals surface area contributed by atoms with Gasteiger partial charge in [-0.2, -0.15) is 0 Å². The van der Waals surface area contributed by atoms with Crippen LogP contribution in [0.5, 0.6) is 0 Å². The van der Waals surface area contributed by atoms with Gasteiger partial charge >= 0.3 is 12.0 Å². The Bertz CT molecular complexity index is 567. The fourth-order valence-corrected chi connectivity index (χ4v) is 3.37. The van der Waals surface area contributed by atoms with Crippen LogP contribution in [0, 0.1) is 26.7 Å². The van der Waals surface area contributed by atoms with Crippen LogP contribution in [0.2, 0.25) is 0 Å². The van der Waals surface area contributed by atoms with Crippen LogP contribution in [0.3, 0.4) is 0 Å². The van der Waals surface area contributed by atoms with Crippen LogP contribution < -0.4 is 11.1 Å². The molecule has 0 radical (unpaired) electrons. The number of primary amides is 1. The first kappa shape index (κ1) is 17.3. The molecule has 1 aromatic rings. The molecule has 0 heterocycles. The molecule has 0 bridgehead atoms. The highest BCUT2D eigenvalue weighted by Crippen LogP contribution is 2.26. The van der Waals surface area contributed by atoms with Gasteiger partial charge in [0.2, 0.25) is 0 Å². The number of esters is 1. The van der Waals surface area contributed by atoms with Crippen LogP contribution in [0.25, 0.3) is 0 Å². The van der Waals surface area contributed by atoms with Crippen molar-refractivity contribution in [2.45, 2.75) is 59.1 Å². The molecule has 2 rings (SSSR count). The first-order valence-corrected chi connectivity index (χ1v) is 8.16. The Hall–Kier alpha value is -2.04. The fourth-order valence-electron chi connectivity index (χ4n) is 3.37. The quantitative estimate of drug-likeness (QED) is 0.838. The maximum absolute atomic E-state index is 12.3. The van der Waals surface area contributed by atoms with Gasteiger partial charge in [0.15, 0.2) is 0 Å². The van der Waals surface area contributed by atoms with Crippen LogP contribution in [0.4, 0.5) is 4.79 Å². The Labute approximate surface area is 137 Å². The fraction of sp³-hybridized carbons (Fsp3) is 0.556. The first-order chi connectivity index (χ1) is 10.9. The van der Waals surface area contributed by atoms with Crippen molar-refractivity contribution in [2.24, 2.45) is 11.7 Å². The van der Waals surface area contributed by atoms with Crippen molar-refractivity contribution in [2.75, 3.05) is 0 Å². The number of hydrogen-bond donors (Lipinski definition) is 2. The minimum Gasteiger partial charge on any atom is -0.461 e. The summed E-state index contributed by atoms with van der Waals surface area (Å²) in [6, 6.07) is 3.80. The van der Waals surface area contributed by atoms with E-state index in [4.69, 9.17) is 10.5 Å². The smallest absolute Gasteiger partial charge is 0.312 e. The van der Waals surface area contributed by atoms with E-state index in [1.54, 1.807) is 0 Å². The number of benzene rings is 1. The van der Waals surface area contributed by atoms with Gasteiger partial charge in [-0.15, -0.1) is 0 Å². The van der Waals surface area contributed by atoms with Gasteiger partial charge in [-0.05, 0) is 63.1 Å². The molecule has 0 spiro atoms. The largest absolute Gasteiger partial charge is 0.461 e. The predicted molar refractivity (Wildman–Crippen MR) is 88.9 cm³/mol. The number of carbonyl (C=O) groups excluding carboxylic acids is 2. The van der Waals surface area contributed by atoms with Gasteiger partial charge in [0.05, 0.1) is 5.92 Å². The topological polar surface area (TPSA) is 81.4 Å². The van der Waals surface area contributed by atoms with Crippen molar-refractivity contribution in [1.82, 2.24) is 5.32 Å². The molecule has 23 heavy (non-hydrogen) atoms. The summed E-state index contributed by atoms with van der Waals surface area (Å²) in [5.74, 6) is -0.214. The van der Waals surface area contributed by atoms with E-state index in [0.29, 0.717) is 6.61 Å². The molecule has 0 atom stereocenters. The molecule has 5 heteroatoms. The molecule has 1 aliphatic rings. The second kappa shape index (κ2) is 7.49. The van der Waals surface area contributed by atoms with Crippen molar-refractivity contribution >= 4 is 12.0 Å². The third-order valence-electron chi connectivity index (χ3n) is 4.61. The molecule has 2 amide bonds. The van der Waals surface area contributed by atoms with E-state index in [9.17, 15) is 9.59 Å². The molecular formula is C18H26N2O3. The van der Waals surface area contributed by atoms with Crippen LogP contribution in [-0.2, 0) is 16.1 Å². The zero-order chi connectivity index (χ0) is 17.0. The van der Waals surface area contributed by atoms with E-state index in [1.165, 1.54) is 5.56 Å². The van der Waals surface area contributed by atoms with E-state index >= 15 is 0 Å². The lowest BCUT2D eigenvalue weighted by atomic mass is 9.86. The normalized spacial score (nSPS) is 20.8. The van der Waals surface area contributed by atoms with E-state index in [0.717, 1.165) is 42.4 Å². The molecule has 0 saturated heterocycles. The number of aryl methyl sites for hydroxylation is 3. The molecule has 0 aliphatic heterocycles. The molecular weight excluding hydrogens is 292 g/mol.